The predicted molar refractivity (Wildman–Crippen MR) is 165 cm³/mol. The van der Waals surface area contributed by atoms with E-state index in [1.54, 1.807) is 18.3 Å². The first-order chi connectivity index (χ1) is 20.4. The summed E-state index contributed by atoms with van der Waals surface area (Å²) in [5, 5.41) is 3.28. The molecule has 5 rings (SSSR count). The van der Waals surface area contributed by atoms with E-state index in [-0.39, 0.29) is 5.41 Å². The van der Waals surface area contributed by atoms with Crippen LogP contribution in [-0.4, -0.2) is 94.0 Å². The lowest BCUT2D eigenvalue weighted by Crippen LogP contribution is -2.47. The first-order valence-electron chi connectivity index (χ1n) is 14.7. The zero-order chi connectivity index (χ0) is 30.8. The first-order valence-corrected chi connectivity index (χ1v) is 14.7. The van der Waals surface area contributed by atoms with Crippen LogP contribution in [0.3, 0.4) is 0 Å². The molecule has 230 valence electrons. The number of nitrogens with one attached hydrogen (secondary N) is 1. The maximum atomic E-state index is 13.7. The highest BCUT2D eigenvalue weighted by Gasteiger charge is 2.31. The second-order valence-corrected chi connectivity index (χ2v) is 12.8. The van der Waals surface area contributed by atoms with Crippen molar-refractivity contribution in [3.05, 3.63) is 66.0 Å². The van der Waals surface area contributed by atoms with E-state index in [4.69, 9.17) is 9.97 Å². The predicted octanol–water partition coefficient (Wildman–Crippen LogP) is 5.61. The second-order valence-electron chi connectivity index (χ2n) is 12.8. The summed E-state index contributed by atoms with van der Waals surface area (Å²) in [7, 11) is 4.19. The van der Waals surface area contributed by atoms with Crippen molar-refractivity contribution in [1.82, 2.24) is 34.1 Å². The molecule has 1 fully saturated rings. The normalized spacial score (nSPS) is 15.5. The van der Waals surface area contributed by atoms with Crippen LogP contribution < -0.4 is 5.32 Å². The van der Waals surface area contributed by atoms with Gasteiger partial charge in [0.25, 0.3) is 0 Å². The van der Waals surface area contributed by atoms with Gasteiger partial charge in [-0.1, -0.05) is 32.9 Å². The van der Waals surface area contributed by atoms with Gasteiger partial charge >= 0.3 is 6.18 Å². The molecule has 4 heterocycles. The molecule has 1 aromatic carbocycles. The van der Waals surface area contributed by atoms with Crippen LogP contribution in [-0.2, 0) is 12.7 Å². The van der Waals surface area contributed by atoms with Gasteiger partial charge in [-0.3, -0.25) is 14.2 Å². The Morgan fingerprint density at radius 1 is 0.930 bits per heavy atom. The summed E-state index contributed by atoms with van der Waals surface area (Å²) >= 11 is 0. The fourth-order valence-electron chi connectivity index (χ4n) is 5.16. The highest BCUT2D eigenvalue weighted by atomic mass is 19.4. The fourth-order valence-corrected chi connectivity index (χ4v) is 5.16. The standard InChI is InChI=1S/C32H41F3N8/c1-31(2,3)22-37-30-36-11-9-26(38-30)29-28(24-7-6-8-25(20-24)32(33,34)35)39-27-19-23(10-12-43(27)29)21-42-17-15-41(16-18-42)14-13-40(4)5/h6-12,19-20H,13-18,21-22H2,1-5H3,(H,36,37,38). The number of benzene rings is 1. The topological polar surface area (TPSA) is 64.8 Å². The van der Waals surface area contributed by atoms with E-state index in [0.717, 1.165) is 63.5 Å². The summed E-state index contributed by atoms with van der Waals surface area (Å²) in [6.07, 6.45) is -0.852. The molecule has 1 aliphatic heterocycles. The number of hydrogen-bond donors (Lipinski definition) is 1. The molecule has 4 aromatic rings. The van der Waals surface area contributed by atoms with Crippen LogP contribution in [0.2, 0.25) is 0 Å². The number of alkyl halides is 3. The van der Waals surface area contributed by atoms with E-state index in [1.807, 2.05) is 16.7 Å². The molecule has 43 heavy (non-hydrogen) atoms. The summed E-state index contributed by atoms with van der Waals surface area (Å²) in [5.41, 5.74) is 3.09. The molecule has 0 bridgehead atoms. The van der Waals surface area contributed by atoms with Crippen molar-refractivity contribution in [2.45, 2.75) is 33.5 Å². The second kappa shape index (κ2) is 12.6. The minimum absolute atomic E-state index is 0.0150. The van der Waals surface area contributed by atoms with Gasteiger partial charge in [0, 0.05) is 70.3 Å². The van der Waals surface area contributed by atoms with Gasteiger partial charge in [-0.25, -0.2) is 15.0 Å². The summed E-state index contributed by atoms with van der Waals surface area (Å²) in [4.78, 5) is 21.2. The number of anilines is 1. The maximum absolute atomic E-state index is 13.7. The van der Waals surface area contributed by atoms with Crippen molar-refractivity contribution in [3.63, 3.8) is 0 Å². The van der Waals surface area contributed by atoms with Crippen LogP contribution >= 0.6 is 0 Å². The van der Waals surface area contributed by atoms with E-state index in [9.17, 15) is 13.2 Å². The third kappa shape index (κ3) is 7.90. The molecule has 0 radical (unpaired) electrons. The number of rotatable bonds is 9. The number of piperazine rings is 1. The van der Waals surface area contributed by atoms with Gasteiger partial charge in [0.1, 0.15) is 5.65 Å². The number of aromatic nitrogens is 4. The van der Waals surface area contributed by atoms with Crippen LogP contribution in [0.1, 0.15) is 31.9 Å². The molecule has 0 spiro atoms. The first kappa shape index (κ1) is 30.9. The third-order valence-electron chi connectivity index (χ3n) is 7.56. The molecule has 11 heteroatoms. The zero-order valence-electron chi connectivity index (χ0n) is 25.6. The minimum Gasteiger partial charge on any atom is -0.354 e. The number of fused-ring (bicyclic) bond motifs is 1. The van der Waals surface area contributed by atoms with E-state index in [2.05, 4.69) is 65.9 Å². The van der Waals surface area contributed by atoms with Gasteiger partial charge in [0.15, 0.2) is 0 Å². The van der Waals surface area contributed by atoms with Crippen molar-refractivity contribution in [3.8, 4) is 22.6 Å². The summed E-state index contributed by atoms with van der Waals surface area (Å²) in [6.45, 7) is 13.9. The van der Waals surface area contributed by atoms with Crippen molar-refractivity contribution in [2.24, 2.45) is 5.41 Å². The summed E-state index contributed by atoms with van der Waals surface area (Å²) in [5.74, 6) is 0.457. The van der Waals surface area contributed by atoms with Gasteiger partial charge < -0.3 is 10.2 Å². The largest absolute Gasteiger partial charge is 0.416 e. The Bertz CT molecular complexity index is 1530. The molecule has 0 amide bonds. The lowest BCUT2D eigenvalue weighted by Gasteiger charge is -2.35. The molecule has 1 saturated heterocycles. The van der Waals surface area contributed by atoms with Crippen LogP contribution in [0.5, 0.6) is 0 Å². The van der Waals surface area contributed by atoms with E-state index >= 15 is 0 Å². The van der Waals surface area contributed by atoms with Crippen molar-refractivity contribution in [1.29, 1.82) is 0 Å². The fraction of sp³-hybridized carbons (Fsp3) is 0.469. The minimum atomic E-state index is -4.46. The van der Waals surface area contributed by atoms with Gasteiger partial charge in [-0.15, -0.1) is 0 Å². The van der Waals surface area contributed by atoms with E-state index < -0.39 is 11.7 Å². The number of halogens is 3. The lowest BCUT2D eigenvalue weighted by atomic mass is 9.97. The molecular formula is C32H41F3N8. The van der Waals surface area contributed by atoms with Crippen molar-refractivity contribution >= 4 is 11.6 Å². The number of imidazole rings is 1. The SMILES string of the molecule is CN(C)CCN1CCN(Cc2ccn3c(-c4ccnc(NCC(C)(C)C)n4)c(-c4cccc(C(F)(F)F)c4)nc3c2)CC1. The monoisotopic (exact) mass is 594 g/mol. The highest BCUT2D eigenvalue weighted by Crippen LogP contribution is 2.36. The molecule has 1 aliphatic rings. The van der Waals surface area contributed by atoms with E-state index in [0.29, 0.717) is 40.8 Å². The molecule has 0 aliphatic carbocycles. The zero-order valence-corrected chi connectivity index (χ0v) is 25.6. The molecule has 0 unspecified atom stereocenters. The van der Waals surface area contributed by atoms with Gasteiger partial charge in [-0.2, -0.15) is 13.2 Å². The number of nitrogens with zero attached hydrogens (tertiary/aromatic N) is 7. The van der Waals surface area contributed by atoms with Crippen LogP contribution in [0.4, 0.5) is 19.1 Å². The molecule has 1 N–H and O–H groups in total. The number of likely N-dealkylation sites (N-methyl/N-ethyl adjacent to an activating group) is 1. The Morgan fingerprint density at radius 3 is 2.37 bits per heavy atom. The van der Waals surface area contributed by atoms with Crippen LogP contribution in [0, 0.1) is 5.41 Å². The third-order valence-corrected chi connectivity index (χ3v) is 7.56. The smallest absolute Gasteiger partial charge is 0.354 e. The molecule has 8 nitrogen and oxygen atoms in total. The lowest BCUT2D eigenvalue weighted by molar-refractivity contribution is -0.137. The van der Waals surface area contributed by atoms with E-state index in [1.165, 1.54) is 6.07 Å². The quantitative estimate of drug-likeness (QED) is 0.270. The Balaban J connectivity index is 1.48. The summed E-state index contributed by atoms with van der Waals surface area (Å²) < 4.78 is 42.9. The number of hydrogen-bond acceptors (Lipinski definition) is 7. The molecular weight excluding hydrogens is 553 g/mol. The average Bonchev–Trinajstić information content (AvgIpc) is 3.34. The van der Waals surface area contributed by atoms with Crippen molar-refractivity contribution < 1.29 is 13.2 Å². The van der Waals surface area contributed by atoms with Gasteiger partial charge in [0.2, 0.25) is 5.95 Å². The Labute approximate surface area is 251 Å². The van der Waals surface area contributed by atoms with Gasteiger partial charge in [0.05, 0.1) is 22.6 Å². The van der Waals surface area contributed by atoms with Crippen LogP contribution in [0.15, 0.2) is 54.9 Å². The maximum Gasteiger partial charge on any atom is 0.416 e. The molecule has 3 aromatic heterocycles. The highest BCUT2D eigenvalue weighted by molar-refractivity contribution is 5.81. The number of pyridine rings is 1. The van der Waals surface area contributed by atoms with Crippen LogP contribution in [0.25, 0.3) is 28.3 Å². The van der Waals surface area contributed by atoms with Crippen molar-refractivity contribution in [2.75, 3.05) is 65.2 Å². The van der Waals surface area contributed by atoms with Gasteiger partial charge in [-0.05, 0) is 55.4 Å². The Hall–Kier alpha value is -3.54. The Morgan fingerprint density at radius 2 is 1.67 bits per heavy atom. The molecule has 0 atom stereocenters. The average molecular weight is 595 g/mol. The summed E-state index contributed by atoms with van der Waals surface area (Å²) in [6, 6.07) is 11.2. The molecule has 0 saturated carbocycles. The Kier molecular flexibility index (Phi) is 9.05.